The standard InChI is InChI=1S/C72H58F2N2/c1-43-33-44(2)36-55(35-43)75(71-63(59-23-15-11-19-49(59)7)39-53(41-65(71)73)57-21-13-9-17-47(57)5)67-31-27-51-26-30-62-68(32-28-52-25-29-61(67)69(51)70(52)62)76(56-37-45(3)34-46(4)38-56)72-64(60-24-16-12-20-50(60)8)40-54(42-66(72)74)58-22-14-10-18-48(58)6/h9-42H,1-8H3. The number of aryl methyl sites for hydroxylation is 8. The molecule has 0 unspecified atom stereocenters. The highest BCUT2D eigenvalue weighted by molar-refractivity contribution is 6.28. The van der Waals surface area contributed by atoms with E-state index in [9.17, 15) is 0 Å². The molecule has 0 spiro atoms. The van der Waals surface area contributed by atoms with Crippen LogP contribution in [-0.4, -0.2) is 0 Å². The highest BCUT2D eigenvalue weighted by Gasteiger charge is 2.29. The van der Waals surface area contributed by atoms with Gasteiger partial charge in [0.1, 0.15) is 11.6 Å². The van der Waals surface area contributed by atoms with Gasteiger partial charge >= 0.3 is 0 Å². The monoisotopic (exact) mass is 988 g/mol. The smallest absolute Gasteiger partial charge is 0.148 e. The number of hydrogen-bond acceptors (Lipinski definition) is 2. The van der Waals surface area contributed by atoms with Crippen LogP contribution in [0.4, 0.5) is 42.9 Å². The fourth-order valence-corrected chi connectivity index (χ4v) is 12.0. The second-order valence-electron chi connectivity index (χ2n) is 20.9. The molecule has 2 nitrogen and oxygen atoms in total. The van der Waals surface area contributed by atoms with E-state index in [1.54, 1.807) is 12.1 Å². The van der Waals surface area contributed by atoms with Gasteiger partial charge in [-0.2, -0.15) is 0 Å². The van der Waals surface area contributed by atoms with E-state index < -0.39 is 0 Å². The first kappa shape index (κ1) is 48.1. The fourth-order valence-electron chi connectivity index (χ4n) is 12.0. The molecule has 0 aliphatic carbocycles. The van der Waals surface area contributed by atoms with E-state index in [0.717, 1.165) is 144 Å². The molecule has 0 aliphatic rings. The normalized spacial score (nSPS) is 11.6. The summed E-state index contributed by atoms with van der Waals surface area (Å²) < 4.78 is 36.3. The minimum absolute atomic E-state index is 0.324. The SMILES string of the molecule is Cc1cc(C)cc(N(c2c(F)cc(-c3ccccc3C)cc2-c2ccccc2C)c2ccc3ccc4c(N(c5cc(C)cc(C)c5)c5c(F)cc(-c6ccccc6C)cc5-c5ccccc5C)ccc5ccc2c3c54)c1. The predicted molar refractivity (Wildman–Crippen MR) is 319 cm³/mol. The van der Waals surface area contributed by atoms with Gasteiger partial charge in [0.2, 0.25) is 0 Å². The number of hydrogen-bond donors (Lipinski definition) is 0. The Morgan fingerprint density at radius 3 is 0.947 bits per heavy atom. The molecule has 0 saturated carbocycles. The lowest BCUT2D eigenvalue weighted by atomic mass is 9.89. The maximum atomic E-state index is 18.2. The second-order valence-corrected chi connectivity index (χ2v) is 20.9. The molecule has 0 bridgehead atoms. The van der Waals surface area contributed by atoms with Crippen molar-refractivity contribution < 1.29 is 8.78 Å². The molecule has 0 heterocycles. The maximum Gasteiger partial charge on any atom is 0.148 e. The van der Waals surface area contributed by atoms with Gasteiger partial charge in [-0.25, -0.2) is 8.78 Å². The second kappa shape index (κ2) is 19.1. The van der Waals surface area contributed by atoms with Crippen LogP contribution in [-0.2, 0) is 0 Å². The summed E-state index contributed by atoms with van der Waals surface area (Å²) in [6.45, 7) is 16.8. The molecule has 12 aromatic rings. The molecule has 12 aromatic carbocycles. The van der Waals surface area contributed by atoms with Crippen molar-refractivity contribution in [3.05, 3.63) is 262 Å². The molecule has 370 valence electrons. The topological polar surface area (TPSA) is 6.48 Å². The Bertz CT molecular complexity index is 3950. The van der Waals surface area contributed by atoms with Crippen LogP contribution in [0, 0.1) is 67.0 Å². The van der Waals surface area contributed by atoms with Crippen LogP contribution in [0.1, 0.15) is 44.5 Å². The molecule has 0 aliphatic heterocycles. The molecular formula is C72H58F2N2. The third kappa shape index (κ3) is 8.35. The van der Waals surface area contributed by atoms with Gasteiger partial charge in [-0.05, 0) is 215 Å². The fraction of sp³-hybridized carbons (Fsp3) is 0.111. The van der Waals surface area contributed by atoms with Crippen molar-refractivity contribution in [1.29, 1.82) is 0 Å². The van der Waals surface area contributed by atoms with Crippen molar-refractivity contribution in [3.63, 3.8) is 0 Å². The summed E-state index contributed by atoms with van der Waals surface area (Å²) in [6.07, 6.45) is 0. The Balaban J connectivity index is 1.16. The Hall–Kier alpha value is -8.86. The minimum Gasteiger partial charge on any atom is -0.307 e. The highest BCUT2D eigenvalue weighted by Crippen LogP contribution is 2.53. The molecule has 76 heavy (non-hydrogen) atoms. The Kier molecular flexibility index (Phi) is 12.1. The van der Waals surface area contributed by atoms with Crippen LogP contribution in [0.3, 0.4) is 0 Å². The van der Waals surface area contributed by atoms with E-state index in [4.69, 9.17) is 0 Å². The minimum atomic E-state index is -0.324. The van der Waals surface area contributed by atoms with Crippen molar-refractivity contribution in [1.82, 2.24) is 0 Å². The lowest BCUT2D eigenvalue weighted by Crippen LogP contribution is -2.15. The zero-order chi connectivity index (χ0) is 52.5. The summed E-state index contributed by atoms with van der Waals surface area (Å²) in [5.41, 5.74) is 20.1. The first-order valence-electron chi connectivity index (χ1n) is 26.2. The largest absolute Gasteiger partial charge is 0.307 e. The molecule has 0 N–H and O–H groups in total. The van der Waals surface area contributed by atoms with Crippen LogP contribution < -0.4 is 9.80 Å². The third-order valence-corrected chi connectivity index (χ3v) is 15.4. The van der Waals surface area contributed by atoms with Gasteiger partial charge in [0, 0.05) is 33.3 Å². The van der Waals surface area contributed by atoms with Gasteiger partial charge in [0.15, 0.2) is 0 Å². The van der Waals surface area contributed by atoms with Crippen LogP contribution in [0.25, 0.3) is 76.8 Å². The molecule has 0 amide bonds. The highest BCUT2D eigenvalue weighted by atomic mass is 19.1. The summed E-state index contributed by atoms with van der Waals surface area (Å²) in [5.74, 6) is -0.648. The molecule has 4 heteroatoms. The molecule has 0 fully saturated rings. The summed E-state index contributed by atoms with van der Waals surface area (Å²) in [4.78, 5) is 4.29. The quantitative estimate of drug-likeness (QED) is 0.126. The van der Waals surface area contributed by atoms with E-state index >= 15 is 8.78 Å². The molecular weight excluding hydrogens is 931 g/mol. The number of halogens is 2. The lowest BCUT2D eigenvalue weighted by Gasteiger charge is -2.32. The number of anilines is 6. The van der Waals surface area contributed by atoms with Crippen molar-refractivity contribution in [2.45, 2.75) is 55.4 Å². The summed E-state index contributed by atoms with van der Waals surface area (Å²) in [6, 6.07) is 71.1. The van der Waals surface area contributed by atoms with Gasteiger partial charge in [-0.1, -0.05) is 146 Å². The summed E-state index contributed by atoms with van der Waals surface area (Å²) in [5, 5.41) is 6.14. The Morgan fingerprint density at radius 2 is 0.605 bits per heavy atom. The Morgan fingerprint density at radius 1 is 0.289 bits per heavy atom. The van der Waals surface area contributed by atoms with E-state index in [2.05, 4.69) is 211 Å². The molecule has 0 saturated heterocycles. The van der Waals surface area contributed by atoms with Crippen LogP contribution in [0.5, 0.6) is 0 Å². The average molecular weight is 989 g/mol. The van der Waals surface area contributed by atoms with E-state index in [1.165, 1.54) is 0 Å². The van der Waals surface area contributed by atoms with Crippen molar-refractivity contribution >= 4 is 66.4 Å². The third-order valence-electron chi connectivity index (χ3n) is 15.4. The van der Waals surface area contributed by atoms with Crippen molar-refractivity contribution in [3.8, 4) is 44.5 Å². The van der Waals surface area contributed by atoms with Crippen molar-refractivity contribution in [2.75, 3.05) is 9.80 Å². The predicted octanol–water partition coefficient (Wildman–Crippen LogP) is 20.9. The molecule has 0 aromatic heterocycles. The zero-order valence-electron chi connectivity index (χ0n) is 44.3. The first-order valence-corrected chi connectivity index (χ1v) is 26.2. The van der Waals surface area contributed by atoms with E-state index in [-0.39, 0.29) is 11.6 Å². The van der Waals surface area contributed by atoms with Gasteiger partial charge in [-0.3, -0.25) is 0 Å². The van der Waals surface area contributed by atoms with Crippen LogP contribution in [0.15, 0.2) is 206 Å². The number of rotatable bonds is 10. The molecule has 0 radical (unpaired) electrons. The molecule has 12 rings (SSSR count). The van der Waals surface area contributed by atoms with Crippen molar-refractivity contribution in [2.24, 2.45) is 0 Å². The summed E-state index contributed by atoms with van der Waals surface area (Å²) >= 11 is 0. The molecule has 0 atom stereocenters. The van der Waals surface area contributed by atoms with Gasteiger partial charge in [0.05, 0.1) is 22.7 Å². The van der Waals surface area contributed by atoms with Gasteiger partial charge in [-0.15, -0.1) is 0 Å². The average Bonchev–Trinajstić information content (AvgIpc) is 3.50. The Labute approximate surface area is 445 Å². The maximum absolute atomic E-state index is 18.2. The van der Waals surface area contributed by atoms with Crippen LogP contribution >= 0.6 is 0 Å². The zero-order valence-corrected chi connectivity index (χ0v) is 44.3. The van der Waals surface area contributed by atoms with Gasteiger partial charge in [0.25, 0.3) is 0 Å². The van der Waals surface area contributed by atoms with Crippen LogP contribution in [0.2, 0.25) is 0 Å². The first-order chi connectivity index (χ1) is 36.8. The number of benzene rings is 12. The van der Waals surface area contributed by atoms with E-state index in [1.807, 2.05) is 48.5 Å². The summed E-state index contributed by atoms with van der Waals surface area (Å²) in [7, 11) is 0. The lowest BCUT2D eigenvalue weighted by molar-refractivity contribution is 0.629. The number of nitrogens with zero attached hydrogens (tertiary/aromatic N) is 2. The van der Waals surface area contributed by atoms with E-state index in [0.29, 0.717) is 11.4 Å². The van der Waals surface area contributed by atoms with Gasteiger partial charge < -0.3 is 9.80 Å².